The molecule has 0 amide bonds. The Morgan fingerprint density at radius 1 is 1.00 bits per heavy atom. The Morgan fingerprint density at radius 2 is 1.86 bits per heavy atom. The first-order valence-corrected chi connectivity index (χ1v) is 10.1. The van der Waals surface area contributed by atoms with Gasteiger partial charge in [-0.1, -0.05) is 13.8 Å². The van der Waals surface area contributed by atoms with Gasteiger partial charge in [0.15, 0.2) is 0 Å². The van der Waals surface area contributed by atoms with Crippen LogP contribution in [0.15, 0.2) is 54.6 Å². The molecule has 5 aromatic rings. The van der Waals surface area contributed by atoms with Crippen molar-refractivity contribution >= 4 is 44.0 Å². The standard InChI is InChI=1S/C19H14N6OS.C2H6/c1-25-8-12(7-23-25)11-4-15-18(16(26)5-11)19(21-9-20-15)24-13-2-3-14-17(6-13)27-10-22-14;1-2/h2-10,26H,1H3,(H,20,21,24);1-2H3. The third-order valence-corrected chi connectivity index (χ3v) is 5.14. The number of fused-ring (bicyclic) bond motifs is 2. The van der Waals surface area contributed by atoms with Gasteiger partial charge in [0, 0.05) is 24.5 Å². The second-order valence-corrected chi connectivity index (χ2v) is 7.06. The van der Waals surface area contributed by atoms with E-state index in [4.69, 9.17) is 0 Å². The summed E-state index contributed by atoms with van der Waals surface area (Å²) >= 11 is 1.58. The molecule has 0 aliphatic heterocycles. The maximum absolute atomic E-state index is 10.7. The average molecular weight is 404 g/mol. The van der Waals surface area contributed by atoms with Crippen LogP contribution in [0.3, 0.4) is 0 Å². The van der Waals surface area contributed by atoms with Crippen LogP contribution >= 0.6 is 11.3 Å². The summed E-state index contributed by atoms with van der Waals surface area (Å²) in [6, 6.07) is 9.54. The first-order chi connectivity index (χ1) is 14.2. The molecular weight excluding hydrogens is 384 g/mol. The Bertz CT molecular complexity index is 1290. The van der Waals surface area contributed by atoms with Crippen LogP contribution in [-0.4, -0.2) is 29.8 Å². The van der Waals surface area contributed by atoms with Crippen molar-refractivity contribution in [3.8, 4) is 16.9 Å². The van der Waals surface area contributed by atoms with Gasteiger partial charge in [-0.05, 0) is 35.9 Å². The Hall–Kier alpha value is -3.52. The molecule has 0 saturated heterocycles. The summed E-state index contributed by atoms with van der Waals surface area (Å²) < 4.78 is 2.81. The molecule has 7 nitrogen and oxygen atoms in total. The molecule has 0 atom stereocenters. The molecule has 0 bridgehead atoms. The normalized spacial score (nSPS) is 10.7. The third kappa shape index (κ3) is 3.62. The van der Waals surface area contributed by atoms with Gasteiger partial charge in [0.25, 0.3) is 0 Å². The second-order valence-electron chi connectivity index (χ2n) is 6.17. The molecule has 2 aromatic carbocycles. The lowest BCUT2D eigenvalue weighted by atomic mass is 10.1. The number of aromatic nitrogens is 5. The summed E-state index contributed by atoms with van der Waals surface area (Å²) in [6.45, 7) is 4.00. The number of rotatable bonds is 3. The van der Waals surface area contributed by atoms with E-state index >= 15 is 0 Å². The Balaban J connectivity index is 0.000000994. The SMILES string of the molecule is CC.Cn1cc(-c2cc(O)c3c(Nc4ccc5ncsc5c4)ncnc3c2)cn1. The van der Waals surface area contributed by atoms with Crippen LogP contribution < -0.4 is 5.32 Å². The molecule has 29 heavy (non-hydrogen) atoms. The van der Waals surface area contributed by atoms with Crippen LogP contribution in [0.5, 0.6) is 5.75 Å². The highest BCUT2D eigenvalue weighted by Crippen LogP contribution is 2.35. The maximum atomic E-state index is 10.7. The lowest BCUT2D eigenvalue weighted by Gasteiger charge is -2.11. The van der Waals surface area contributed by atoms with Crippen molar-refractivity contribution in [1.29, 1.82) is 0 Å². The molecule has 0 fully saturated rings. The number of nitrogens with one attached hydrogen (secondary N) is 1. The zero-order chi connectivity index (χ0) is 20.4. The molecule has 0 spiro atoms. The van der Waals surface area contributed by atoms with Gasteiger partial charge in [-0.25, -0.2) is 15.0 Å². The average Bonchev–Trinajstić information content (AvgIpc) is 3.38. The van der Waals surface area contributed by atoms with Crippen LogP contribution in [0.4, 0.5) is 11.5 Å². The van der Waals surface area contributed by atoms with Gasteiger partial charge in [0.1, 0.15) is 17.9 Å². The van der Waals surface area contributed by atoms with Gasteiger partial charge in [0.2, 0.25) is 0 Å². The molecule has 5 rings (SSSR count). The minimum absolute atomic E-state index is 0.119. The van der Waals surface area contributed by atoms with Crippen LogP contribution in [-0.2, 0) is 7.05 Å². The molecule has 0 aliphatic carbocycles. The summed E-state index contributed by atoms with van der Waals surface area (Å²) in [5, 5.41) is 18.7. The quantitative estimate of drug-likeness (QED) is 0.434. The smallest absolute Gasteiger partial charge is 0.145 e. The van der Waals surface area contributed by atoms with Gasteiger partial charge < -0.3 is 10.4 Å². The largest absolute Gasteiger partial charge is 0.507 e. The topological polar surface area (TPSA) is 88.8 Å². The fraction of sp³-hybridized carbons (Fsp3) is 0.143. The fourth-order valence-electron chi connectivity index (χ4n) is 3.07. The predicted molar refractivity (Wildman–Crippen MR) is 118 cm³/mol. The van der Waals surface area contributed by atoms with E-state index in [1.807, 2.05) is 56.9 Å². The van der Waals surface area contributed by atoms with Crippen molar-refractivity contribution in [2.24, 2.45) is 7.05 Å². The maximum Gasteiger partial charge on any atom is 0.145 e. The molecular formula is C21H20N6OS. The molecule has 8 heteroatoms. The van der Waals surface area contributed by atoms with Crippen LogP contribution in [0, 0.1) is 0 Å². The zero-order valence-electron chi connectivity index (χ0n) is 16.3. The fourth-order valence-corrected chi connectivity index (χ4v) is 3.79. The lowest BCUT2D eigenvalue weighted by Crippen LogP contribution is -1.96. The van der Waals surface area contributed by atoms with E-state index in [2.05, 4.69) is 25.4 Å². The first kappa shape index (κ1) is 18.8. The number of anilines is 2. The Morgan fingerprint density at radius 3 is 2.66 bits per heavy atom. The van der Waals surface area contributed by atoms with E-state index in [-0.39, 0.29) is 5.75 Å². The highest BCUT2D eigenvalue weighted by Gasteiger charge is 2.13. The highest BCUT2D eigenvalue weighted by atomic mass is 32.1. The summed E-state index contributed by atoms with van der Waals surface area (Å²) in [4.78, 5) is 12.9. The van der Waals surface area contributed by atoms with E-state index in [9.17, 15) is 5.11 Å². The Labute approximate surface area is 171 Å². The summed E-state index contributed by atoms with van der Waals surface area (Å²) in [6.07, 6.45) is 5.14. The number of thiazole rings is 1. The Kier molecular flexibility index (Phi) is 5.09. The van der Waals surface area contributed by atoms with Crippen molar-refractivity contribution in [1.82, 2.24) is 24.7 Å². The lowest BCUT2D eigenvalue weighted by molar-refractivity contribution is 0.482. The molecule has 146 valence electrons. The third-order valence-electron chi connectivity index (χ3n) is 4.35. The van der Waals surface area contributed by atoms with Crippen molar-refractivity contribution in [3.05, 3.63) is 54.6 Å². The van der Waals surface area contributed by atoms with Crippen LogP contribution in [0.1, 0.15) is 13.8 Å². The van der Waals surface area contributed by atoms with Crippen LogP contribution in [0.2, 0.25) is 0 Å². The minimum atomic E-state index is 0.119. The van der Waals surface area contributed by atoms with E-state index in [1.54, 1.807) is 28.3 Å². The minimum Gasteiger partial charge on any atom is -0.507 e. The van der Waals surface area contributed by atoms with Crippen molar-refractivity contribution in [2.45, 2.75) is 13.8 Å². The number of phenols is 1. The monoisotopic (exact) mass is 404 g/mol. The molecule has 3 heterocycles. The van der Waals surface area contributed by atoms with Gasteiger partial charge in [-0.15, -0.1) is 11.3 Å². The number of hydrogen-bond acceptors (Lipinski definition) is 7. The predicted octanol–water partition coefficient (Wildman–Crippen LogP) is 5.12. The van der Waals surface area contributed by atoms with Gasteiger partial charge in [-0.3, -0.25) is 4.68 Å². The molecule has 0 radical (unpaired) electrons. The van der Waals surface area contributed by atoms with E-state index in [1.165, 1.54) is 6.33 Å². The van der Waals surface area contributed by atoms with Crippen molar-refractivity contribution in [2.75, 3.05) is 5.32 Å². The van der Waals surface area contributed by atoms with E-state index in [0.717, 1.165) is 27.0 Å². The number of nitrogens with zero attached hydrogens (tertiary/aromatic N) is 5. The molecule has 0 aliphatic rings. The number of aryl methyl sites for hydroxylation is 1. The van der Waals surface area contributed by atoms with Gasteiger partial charge in [0.05, 0.1) is 32.8 Å². The van der Waals surface area contributed by atoms with E-state index in [0.29, 0.717) is 16.7 Å². The van der Waals surface area contributed by atoms with Crippen molar-refractivity contribution in [3.63, 3.8) is 0 Å². The number of benzene rings is 2. The molecule has 3 aromatic heterocycles. The molecule has 2 N–H and O–H groups in total. The second kappa shape index (κ2) is 7.84. The highest BCUT2D eigenvalue weighted by molar-refractivity contribution is 7.16. The molecule has 0 unspecified atom stereocenters. The first-order valence-electron chi connectivity index (χ1n) is 9.24. The van der Waals surface area contributed by atoms with Crippen LogP contribution in [0.25, 0.3) is 32.2 Å². The number of phenolic OH excluding ortho intramolecular Hbond substituents is 1. The van der Waals surface area contributed by atoms with Crippen molar-refractivity contribution < 1.29 is 5.11 Å². The number of aromatic hydroxyl groups is 1. The summed E-state index contributed by atoms with van der Waals surface area (Å²) in [5.74, 6) is 0.674. The zero-order valence-corrected chi connectivity index (χ0v) is 17.1. The number of hydrogen-bond donors (Lipinski definition) is 2. The van der Waals surface area contributed by atoms with Gasteiger partial charge in [-0.2, -0.15) is 5.10 Å². The summed E-state index contributed by atoms with van der Waals surface area (Å²) in [5.41, 5.74) is 6.08. The van der Waals surface area contributed by atoms with Gasteiger partial charge >= 0.3 is 0 Å². The summed E-state index contributed by atoms with van der Waals surface area (Å²) in [7, 11) is 1.86. The van der Waals surface area contributed by atoms with E-state index < -0.39 is 0 Å². The molecule has 0 saturated carbocycles.